The van der Waals surface area contributed by atoms with Crippen molar-refractivity contribution >= 4 is 10.8 Å². The Morgan fingerprint density at radius 1 is 0.850 bits per heavy atom. The molecular formula is C34H36O6. The molecule has 0 saturated carbocycles. The summed E-state index contributed by atoms with van der Waals surface area (Å²) >= 11 is 0. The molecule has 3 N–H and O–H groups in total. The lowest BCUT2D eigenvalue weighted by molar-refractivity contribution is 0.0201. The van der Waals surface area contributed by atoms with Gasteiger partial charge in [-0.3, -0.25) is 0 Å². The van der Waals surface area contributed by atoms with Gasteiger partial charge in [0, 0.05) is 29.0 Å². The van der Waals surface area contributed by atoms with Crippen molar-refractivity contribution in [3.8, 4) is 39.9 Å². The van der Waals surface area contributed by atoms with Gasteiger partial charge in [0.05, 0.1) is 20.3 Å². The summed E-state index contributed by atoms with van der Waals surface area (Å²) in [5.41, 5.74) is 6.20. The van der Waals surface area contributed by atoms with Crippen molar-refractivity contribution in [2.45, 2.75) is 63.6 Å². The maximum absolute atomic E-state index is 11.4. The molecule has 0 fully saturated rings. The molecule has 0 spiro atoms. The first-order valence-corrected chi connectivity index (χ1v) is 14.1. The average molecular weight is 541 g/mol. The lowest BCUT2D eigenvalue weighted by atomic mass is 9.71. The summed E-state index contributed by atoms with van der Waals surface area (Å²) in [5, 5.41) is 34.3. The highest BCUT2D eigenvalue weighted by Gasteiger charge is 2.38. The number of rotatable bonds is 7. The molecule has 0 aromatic heterocycles. The first-order chi connectivity index (χ1) is 19.4. The van der Waals surface area contributed by atoms with Gasteiger partial charge in [0.25, 0.3) is 0 Å². The maximum Gasteiger partial charge on any atom is 0.160 e. The second-order valence-electron chi connectivity index (χ2n) is 11.0. The van der Waals surface area contributed by atoms with Gasteiger partial charge in [-0.2, -0.15) is 0 Å². The van der Waals surface area contributed by atoms with E-state index in [1.54, 1.807) is 25.3 Å². The van der Waals surface area contributed by atoms with Crippen LogP contribution in [-0.4, -0.2) is 35.6 Å². The Kier molecular flexibility index (Phi) is 6.97. The van der Waals surface area contributed by atoms with Crippen molar-refractivity contribution in [3.63, 3.8) is 0 Å². The van der Waals surface area contributed by atoms with Crippen LogP contribution in [0, 0.1) is 0 Å². The number of phenolic OH excluding ortho intramolecular Hbond substituents is 2. The second-order valence-corrected chi connectivity index (χ2v) is 11.0. The number of aliphatic hydroxyl groups is 1. The average Bonchev–Trinajstić information content (AvgIpc) is 2.96. The van der Waals surface area contributed by atoms with Crippen LogP contribution < -0.4 is 14.2 Å². The molecule has 208 valence electrons. The van der Waals surface area contributed by atoms with Crippen molar-refractivity contribution in [3.05, 3.63) is 76.9 Å². The van der Waals surface area contributed by atoms with Crippen LogP contribution in [0.2, 0.25) is 0 Å². The van der Waals surface area contributed by atoms with E-state index in [2.05, 4.69) is 13.0 Å². The fourth-order valence-electron chi connectivity index (χ4n) is 6.70. The summed E-state index contributed by atoms with van der Waals surface area (Å²) in [5.74, 6) is 2.33. The molecule has 1 heterocycles. The number of hydrogen-bond acceptors (Lipinski definition) is 6. The van der Waals surface area contributed by atoms with Gasteiger partial charge in [-0.1, -0.05) is 56.5 Å². The third-order valence-electron chi connectivity index (χ3n) is 8.55. The normalized spacial score (nSPS) is 19.4. The van der Waals surface area contributed by atoms with Crippen LogP contribution in [0.4, 0.5) is 0 Å². The van der Waals surface area contributed by atoms with E-state index < -0.39 is 12.2 Å². The molecule has 1 aliphatic heterocycles. The molecule has 6 rings (SSSR count). The quantitative estimate of drug-likeness (QED) is 0.215. The lowest BCUT2D eigenvalue weighted by Crippen LogP contribution is -2.32. The largest absolute Gasteiger partial charge is 0.507 e. The van der Waals surface area contributed by atoms with E-state index in [1.165, 1.54) is 12.7 Å². The fraction of sp³-hybridized carbons (Fsp3) is 0.353. The molecule has 4 aromatic rings. The first-order valence-electron chi connectivity index (χ1n) is 14.1. The zero-order valence-electron chi connectivity index (χ0n) is 23.2. The maximum atomic E-state index is 11.4. The van der Waals surface area contributed by atoms with Gasteiger partial charge in [-0.05, 0) is 64.6 Å². The van der Waals surface area contributed by atoms with Gasteiger partial charge in [-0.25, -0.2) is 0 Å². The Morgan fingerprint density at radius 2 is 1.62 bits per heavy atom. The van der Waals surface area contributed by atoms with Crippen LogP contribution >= 0.6 is 0 Å². The standard InChI is InChI=1S/C34H36O6/c1-4-5-6-9-19-14-21-15-26(36)22-10-7-8-11-23(22)32(21)33-30(39-3)18-28-24(31(19)33)17-27(37)34(40-28)20-12-13-25(35)29(16-20)38-2/h7-8,10-13,15-16,18-19,27,34-37H,4-6,9,14,17H2,1-3H3. The molecule has 40 heavy (non-hydrogen) atoms. The Morgan fingerprint density at radius 3 is 2.38 bits per heavy atom. The number of unbranched alkanes of at least 4 members (excludes halogenated alkanes) is 2. The Labute approximate surface area is 234 Å². The van der Waals surface area contributed by atoms with E-state index in [0.717, 1.165) is 76.4 Å². The van der Waals surface area contributed by atoms with Gasteiger partial charge in [0.1, 0.15) is 23.4 Å². The topological polar surface area (TPSA) is 88.4 Å². The summed E-state index contributed by atoms with van der Waals surface area (Å²) in [6, 6.07) is 16.9. The third kappa shape index (κ3) is 4.31. The second kappa shape index (κ2) is 10.6. The van der Waals surface area contributed by atoms with Crippen LogP contribution in [0.15, 0.2) is 54.6 Å². The van der Waals surface area contributed by atoms with Gasteiger partial charge < -0.3 is 29.5 Å². The number of aromatic hydroxyl groups is 2. The van der Waals surface area contributed by atoms with Crippen molar-refractivity contribution in [1.29, 1.82) is 0 Å². The third-order valence-corrected chi connectivity index (χ3v) is 8.55. The SMILES string of the molecule is CCCCCC1Cc2cc(O)c3ccccc3c2-c2c(OC)cc3c(c21)CC(O)C(c1ccc(O)c(OC)c1)O3. The predicted molar refractivity (Wildman–Crippen MR) is 156 cm³/mol. The summed E-state index contributed by atoms with van der Waals surface area (Å²) in [4.78, 5) is 0. The molecule has 6 nitrogen and oxygen atoms in total. The summed E-state index contributed by atoms with van der Waals surface area (Å²) in [6.45, 7) is 2.21. The van der Waals surface area contributed by atoms with E-state index in [9.17, 15) is 15.3 Å². The summed E-state index contributed by atoms with van der Waals surface area (Å²) < 4.78 is 17.9. The van der Waals surface area contributed by atoms with Crippen molar-refractivity contribution in [1.82, 2.24) is 0 Å². The van der Waals surface area contributed by atoms with Crippen LogP contribution in [0.25, 0.3) is 21.9 Å². The van der Waals surface area contributed by atoms with Crippen LogP contribution in [-0.2, 0) is 12.8 Å². The number of hydrogen-bond donors (Lipinski definition) is 3. The number of aliphatic hydroxyl groups excluding tert-OH is 1. The Hall–Kier alpha value is -3.90. The summed E-state index contributed by atoms with van der Waals surface area (Å²) in [6.07, 6.45) is 4.23. The van der Waals surface area contributed by atoms with Crippen LogP contribution in [0.3, 0.4) is 0 Å². The monoisotopic (exact) mass is 540 g/mol. The van der Waals surface area contributed by atoms with Gasteiger partial charge in [0.2, 0.25) is 0 Å². The Balaban J connectivity index is 1.54. The number of methoxy groups -OCH3 is 2. The number of ether oxygens (including phenoxy) is 3. The highest BCUT2D eigenvalue weighted by molar-refractivity contribution is 6.04. The molecule has 0 radical (unpaired) electrons. The molecule has 2 aliphatic rings. The van der Waals surface area contributed by atoms with E-state index in [4.69, 9.17) is 14.2 Å². The molecule has 0 bridgehead atoms. The minimum Gasteiger partial charge on any atom is -0.507 e. The van der Waals surface area contributed by atoms with E-state index in [1.807, 2.05) is 30.3 Å². The van der Waals surface area contributed by atoms with Crippen molar-refractivity contribution in [2.24, 2.45) is 0 Å². The first kappa shape index (κ1) is 26.3. The zero-order valence-corrected chi connectivity index (χ0v) is 23.2. The molecule has 3 atom stereocenters. The minimum absolute atomic E-state index is 0.0412. The Bertz CT molecular complexity index is 1580. The molecule has 0 saturated heterocycles. The van der Waals surface area contributed by atoms with E-state index in [-0.39, 0.29) is 11.7 Å². The number of fused-ring (bicyclic) bond motifs is 7. The van der Waals surface area contributed by atoms with Gasteiger partial charge >= 0.3 is 0 Å². The zero-order chi connectivity index (χ0) is 28.0. The molecule has 4 aromatic carbocycles. The lowest BCUT2D eigenvalue weighted by Gasteiger charge is -2.38. The molecule has 1 aliphatic carbocycles. The summed E-state index contributed by atoms with van der Waals surface area (Å²) in [7, 11) is 3.19. The molecular weight excluding hydrogens is 504 g/mol. The molecule has 3 unspecified atom stereocenters. The molecule has 6 heteroatoms. The smallest absolute Gasteiger partial charge is 0.160 e. The number of phenols is 2. The van der Waals surface area contributed by atoms with Gasteiger partial charge in [0.15, 0.2) is 11.5 Å². The van der Waals surface area contributed by atoms with Crippen molar-refractivity contribution in [2.75, 3.05) is 14.2 Å². The highest BCUT2D eigenvalue weighted by Crippen LogP contribution is 2.55. The predicted octanol–water partition coefficient (Wildman–Crippen LogP) is 7.19. The number of benzene rings is 4. The highest BCUT2D eigenvalue weighted by atomic mass is 16.5. The van der Waals surface area contributed by atoms with E-state index >= 15 is 0 Å². The van der Waals surface area contributed by atoms with Crippen molar-refractivity contribution < 1.29 is 29.5 Å². The fourth-order valence-corrected chi connectivity index (χ4v) is 6.70. The minimum atomic E-state index is -0.784. The van der Waals surface area contributed by atoms with Crippen LogP contribution in [0.1, 0.15) is 66.9 Å². The molecule has 0 amide bonds. The van der Waals surface area contributed by atoms with E-state index in [0.29, 0.717) is 23.7 Å². The van der Waals surface area contributed by atoms with Crippen LogP contribution in [0.5, 0.6) is 28.7 Å². The van der Waals surface area contributed by atoms with Gasteiger partial charge in [-0.15, -0.1) is 0 Å².